The number of likely N-dealkylation sites (N-methyl/N-ethyl adjacent to an activating group) is 1. The van der Waals surface area contributed by atoms with Gasteiger partial charge in [0, 0.05) is 37.1 Å². The molecule has 0 atom stereocenters. The average molecular weight is 352 g/mol. The molecule has 5 nitrogen and oxygen atoms in total. The minimum Gasteiger partial charge on any atom is -0.351 e. The lowest BCUT2D eigenvalue weighted by Crippen LogP contribution is -2.35. The molecule has 3 rings (SSSR count). The highest BCUT2D eigenvalue weighted by Crippen LogP contribution is 2.32. The fourth-order valence-electron chi connectivity index (χ4n) is 3.45. The predicted molar refractivity (Wildman–Crippen MR) is 106 cm³/mol. The molecule has 2 heterocycles. The number of hydrogen-bond donors (Lipinski definition) is 1. The average Bonchev–Trinajstić information content (AvgIpc) is 2.70. The van der Waals surface area contributed by atoms with Crippen molar-refractivity contribution in [2.45, 2.75) is 26.7 Å². The van der Waals surface area contributed by atoms with Crippen LogP contribution in [0.4, 0.5) is 11.5 Å². The molecule has 1 aromatic carbocycles. The van der Waals surface area contributed by atoms with E-state index in [1.807, 2.05) is 6.07 Å². The number of pyridine rings is 1. The number of amides is 1. The molecule has 1 aliphatic heterocycles. The van der Waals surface area contributed by atoms with Gasteiger partial charge in [-0.15, -0.1) is 0 Å². The van der Waals surface area contributed by atoms with Crippen LogP contribution < -0.4 is 10.2 Å². The number of rotatable bonds is 7. The van der Waals surface area contributed by atoms with Crippen molar-refractivity contribution in [3.05, 3.63) is 53.7 Å². The summed E-state index contributed by atoms with van der Waals surface area (Å²) in [5, 5.41) is 3.02. The number of nitrogens with one attached hydrogen (secondary N) is 1. The number of para-hydroxylation sites is 1. The minimum atomic E-state index is -0.0360. The van der Waals surface area contributed by atoms with Gasteiger partial charge in [-0.2, -0.15) is 0 Å². The van der Waals surface area contributed by atoms with E-state index in [1.54, 1.807) is 12.3 Å². The van der Waals surface area contributed by atoms with Gasteiger partial charge in [0.15, 0.2) is 0 Å². The monoisotopic (exact) mass is 352 g/mol. The number of fused-ring (bicyclic) bond motifs is 1. The third kappa shape index (κ3) is 4.22. The fraction of sp³-hybridized carbons (Fsp3) is 0.429. The summed E-state index contributed by atoms with van der Waals surface area (Å²) in [5.74, 6) is 0.805. The normalized spacial score (nSPS) is 13.6. The number of aromatic nitrogens is 1. The summed E-state index contributed by atoms with van der Waals surface area (Å²) in [6.45, 7) is 8.73. The summed E-state index contributed by atoms with van der Waals surface area (Å²) < 4.78 is 0. The lowest BCUT2D eigenvalue weighted by Gasteiger charge is -2.30. The van der Waals surface area contributed by atoms with Crippen molar-refractivity contribution in [1.82, 2.24) is 15.2 Å². The van der Waals surface area contributed by atoms with Gasteiger partial charge in [-0.3, -0.25) is 4.79 Å². The number of carbonyl (C=O) groups is 1. The standard InChI is InChI=1S/C21H28N4O/c1-3-24(4-2)15-13-23-21(26)18-11-12-22-20(16-18)25-14-7-9-17-8-5-6-10-19(17)25/h5-6,8,10-12,16H,3-4,7,9,13-15H2,1-2H3,(H,23,26). The minimum absolute atomic E-state index is 0.0360. The van der Waals surface area contributed by atoms with Crippen LogP contribution in [0, 0.1) is 0 Å². The van der Waals surface area contributed by atoms with Gasteiger partial charge >= 0.3 is 0 Å². The number of hydrogen-bond acceptors (Lipinski definition) is 4. The van der Waals surface area contributed by atoms with Gasteiger partial charge in [0.05, 0.1) is 0 Å². The summed E-state index contributed by atoms with van der Waals surface area (Å²) in [6, 6.07) is 12.1. The molecule has 1 aliphatic rings. The van der Waals surface area contributed by atoms with Gasteiger partial charge in [-0.25, -0.2) is 4.98 Å². The quantitative estimate of drug-likeness (QED) is 0.831. The van der Waals surface area contributed by atoms with Crippen molar-refractivity contribution >= 4 is 17.4 Å². The molecule has 0 unspecified atom stereocenters. The summed E-state index contributed by atoms with van der Waals surface area (Å²) in [4.78, 5) is 21.5. The van der Waals surface area contributed by atoms with E-state index in [-0.39, 0.29) is 5.91 Å². The summed E-state index contributed by atoms with van der Waals surface area (Å²) in [7, 11) is 0. The molecule has 1 aromatic heterocycles. The lowest BCUT2D eigenvalue weighted by atomic mass is 10.0. The third-order valence-corrected chi connectivity index (χ3v) is 5.00. The largest absolute Gasteiger partial charge is 0.351 e. The molecule has 0 fully saturated rings. The maximum absolute atomic E-state index is 12.5. The van der Waals surface area contributed by atoms with Crippen molar-refractivity contribution < 1.29 is 4.79 Å². The van der Waals surface area contributed by atoms with E-state index in [0.717, 1.165) is 44.8 Å². The molecular formula is C21H28N4O. The topological polar surface area (TPSA) is 48.5 Å². The first kappa shape index (κ1) is 18.4. The van der Waals surface area contributed by atoms with Crippen LogP contribution in [0.3, 0.4) is 0 Å². The van der Waals surface area contributed by atoms with E-state index < -0.39 is 0 Å². The molecule has 5 heteroatoms. The van der Waals surface area contributed by atoms with Crippen LogP contribution in [0.15, 0.2) is 42.6 Å². The second kappa shape index (κ2) is 8.81. The Morgan fingerprint density at radius 2 is 2.04 bits per heavy atom. The molecule has 1 amide bonds. The van der Waals surface area contributed by atoms with Gasteiger partial charge in [0.2, 0.25) is 0 Å². The second-order valence-electron chi connectivity index (χ2n) is 6.57. The first-order chi connectivity index (χ1) is 12.7. The highest BCUT2D eigenvalue weighted by Gasteiger charge is 2.19. The van der Waals surface area contributed by atoms with Crippen LogP contribution in [-0.2, 0) is 6.42 Å². The van der Waals surface area contributed by atoms with Crippen molar-refractivity contribution in [2.24, 2.45) is 0 Å². The zero-order valence-corrected chi connectivity index (χ0v) is 15.7. The molecule has 0 spiro atoms. The van der Waals surface area contributed by atoms with Gasteiger partial charge in [0.25, 0.3) is 5.91 Å². The Morgan fingerprint density at radius 1 is 1.23 bits per heavy atom. The summed E-state index contributed by atoms with van der Waals surface area (Å²) in [5.41, 5.74) is 3.21. The zero-order chi connectivity index (χ0) is 18.4. The van der Waals surface area contributed by atoms with Gasteiger partial charge in [-0.1, -0.05) is 32.0 Å². The van der Waals surface area contributed by atoms with Crippen LogP contribution >= 0.6 is 0 Å². The maximum atomic E-state index is 12.5. The van der Waals surface area contributed by atoms with E-state index in [9.17, 15) is 4.79 Å². The molecule has 0 bridgehead atoms. The molecule has 26 heavy (non-hydrogen) atoms. The Kier molecular flexibility index (Phi) is 6.23. The molecule has 0 aliphatic carbocycles. The fourth-order valence-corrected chi connectivity index (χ4v) is 3.45. The number of benzene rings is 1. The number of aryl methyl sites for hydroxylation is 1. The smallest absolute Gasteiger partial charge is 0.251 e. The Morgan fingerprint density at radius 3 is 2.85 bits per heavy atom. The van der Waals surface area contributed by atoms with E-state index >= 15 is 0 Å². The molecule has 2 aromatic rings. The SMILES string of the molecule is CCN(CC)CCNC(=O)c1ccnc(N2CCCc3ccccc32)c1. The van der Waals surface area contributed by atoms with Crippen LogP contribution in [0.1, 0.15) is 36.2 Å². The number of carbonyl (C=O) groups excluding carboxylic acids is 1. The van der Waals surface area contributed by atoms with Crippen LogP contribution in [0.2, 0.25) is 0 Å². The second-order valence-corrected chi connectivity index (χ2v) is 6.57. The van der Waals surface area contributed by atoms with Crippen molar-refractivity contribution in [1.29, 1.82) is 0 Å². The van der Waals surface area contributed by atoms with Crippen LogP contribution in [0.25, 0.3) is 0 Å². The summed E-state index contributed by atoms with van der Waals surface area (Å²) >= 11 is 0. The zero-order valence-electron chi connectivity index (χ0n) is 15.7. The highest BCUT2D eigenvalue weighted by molar-refractivity contribution is 5.95. The molecule has 0 saturated carbocycles. The Bertz CT molecular complexity index is 742. The first-order valence-corrected chi connectivity index (χ1v) is 9.55. The van der Waals surface area contributed by atoms with Gasteiger partial charge < -0.3 is 15.1 Å². The van der Waals surface area contributed by atoms with Crippen molar-refractivity contribution in [3.8, 4) is 0 Å². The lowest BCUT2D eigenvalue weighted by molar-refractivity contribution is 0.0949. The molecular weight excluding hydrogens is 324 g/mol. The summed E-state index contributed by atoms with van der Waals surface area (Å²) in [6.07, 6.45) is 3.92. The molecule has 0 saturated heterocycles. The van der Waals surface area contributed by atoms with E-state index in [1.165, 1.54) is 11.3 Å². The van der Waals surface area contributed by atoms with E-state index in [2.05, 4.69) is 58.2 Å². The number of nitrogens with zero attached hydrogens (tertiary/aromatic N) is 3. The highest BCUT2D eigenvalue weighted by atomic mass is 16.1. The van der Waals surface area contributed by atoms with E-state index in [4.69, 9.17) is 0 Å². The number of anilines is 2. The Hall–Kier alpha value is -2.40. The van der Waals surface area contributed by atoms with Crippen LogP contribution in [0.5, 0.6) is 0 Å². The predicted octanol–water partition coefficient (Wildman–Crippen LogP) is 3.24. The van der Waals surface area contributed by atoms with Gasteiger partial charge in [-0.05, 0) is 49.7 Å². The maximum Gasteiger partial charge on any atom is 0.251 e. The Labute approximate surface area is 156 Å². The van der Waals surface area contributed by atoms with Crippen molar-refractivity contribution in [2.75, 3.05) is 37.6 Å². The Balaban J connectivity index is 1.70. The molecule has 0 radical (unpaired) electrons. The van der Waals surface area contributed by atoms with Crippen molar-refractivity contribution in [3.63, 3.8) is 0 Å². The third-order valence-electron chi connectivity index (χ3n) is 5.00. The van der Waals surface area contributed by atoms with Gasteiger partial charge in [0.1, 0.15) is 5.82 Å². The van der Waals surface area contributed by atoms with E-state index in [0.29, 0.717) is 12.1 Å². The van der Waals surface area contributed by atoms with Crippen LogP contribution in [-0.4, -0.2) is 48.5 Å². The first-order valence-electron chi connectivity index (χ1n) is 9.55. The molecule has 138 valence electrons. The molecule has 1 N–H and O–H groups in total.